The Bertz CT molecular complexity index is 726. The summed E-state index contributed by atoms with van der Waals surface area (Å²) in [5.74, 6) is 0. The molecule has 2 aromatic rings. The van der Waals surface area contributed by atoms with Gasteiger partial charge in [-0.25, -0.2) is 9.78 Å². The molecule has 0 radical (unpaired) electrons. The van der Waals surface area contributed by atoms with E-state index in [1.807, 2.05) is 23.1 Å². The average Bonchev–Trinajstić information content (AvgIpc) is 3.16. The number of likely N-dealkylation sites (tertiary alicyclic amines) is 1. The Kier molecular flexibility index (Phi) is 6.21. The third kappa shape index (κ3) is 4.59. The van der Waals surface area contributed by atoms with E-state index < -0.39 is 0 Å². The summed E-state index contributed by atoms with van der Waals surface area (Å²) >= 11 is 1.72. The molecular formula is C20H28N4O2S. The van der Waals surface area contributed by atoms with Gasteiger partial charge in [0.1, 0.15) is 5.01 Å². The highest BCUT2D eigenvalue weighted by Gasteiger charge is 2.30. The molecule has 2 amide bonds. The predicted molar refractivity (Wildman–Crippen MR) is 108 cm³/mol. The van der Waals surface area contributed by atoms with Crippen LogP contribution in [0.2, 0.25) is 0 Å². The van der Waals surface area contributed by atoms with Crippen LogP contribution in [-0.2, 0) is 4.74 Å². The van der Waals surface area contributed by atoms with Crippen molar-refractivity contribution in [3.63, 3.8) is 0 Å². The van der Waals surface area contributed by atoms with Gasteiger partial charge in [-0.05, 0) is 44.4 Å². The molecule has 1 atom stereocenters. The number of carbonyl (C=O) groups is 1. The van der Waals surface area contributed by atoms with Crippen molar-refractivity contribution in [3.8, 4) is 0 Å². The number of para-hydroxylation sites is 1. The first-order chi connectivity index (χ1) is 13.3. The van der Waals surface area contributed by atoms with Crippen LogP contribution >= 0.6 is 11.3 Å². The van der Waals surface area contributed by atoms with E-state index in [1.165, 1.54) is 4.70 Å². The molecule has 1 aromatic heterocycles. The fourth-order valence-corrected chi connectivity index (χ4v) is 5.00. The zero-order valence-electron chi connectivity index (χ0n) is 15.7. The van der Waals surface area contributed by atoms with Gasteiger partial charge in [0.25, 0.3) is 0 Å². The minimum absolute atomic E-state index is 0.0564. The van der Waals surface area contributed by atoms with E-state index in [9.17, 15) is 4.79 Å². The summed E-state index contributed by atoms with van der Waals surface area (Å²) in [4.78, 5) is 22.0. The Morgan fingerprint density at radius 2 is 2.07 bits per heavy atom. The summed E-state index contributed by atoms with van der Waals surface area (Å²) in [7, 11) is 0. The molecule has 3 heterocycles. The van der Waals surface area contributed by atoms with Gasteiger partial charge in [0.2, 0.25) is 0 Å². The van der Waals surface area contributed by atoms with Gasteiger partial charge in [0, 0.05) is 26.2 Å². The Morgan fingerprint density at radius 1 is 1.22 bits per heavy atom. The fourth-order valence-electron chi connectivity index (χ4n) is 3.89. The summed E-state index contributed by atoms with van der Waals surface area (Å²) in [6, 6.07) is 8.38. The number of carbonyl (C=O) groups excluding carboxylic acids is 1. The highest BCUT2D eigenvalue weighted by Crippen LogP contribution is 2.35. The van der Waals surface area contributed by atoms with Crippen LogP contribution in [0.5, 0.6) is 0 Å². The van der Waals surface area contributed by atoms with Crippen LogP contribution in [0.15, 0.2) is 24.3 Å². The lowest BCUT2D eigenvalue weighted by atomic mass is 10.0. The van der Waals surface area contributed by atoms with Crippen LogP contribution in [0.3, 0.4) is 0 Å². The van der Waals surface area contributed by atoms with Crippen molar-refractivity contribution in [2.75, 3.05) is 45.9 Å². The molecule has 1 N–H and O–H groups in total. The molecule has 0 aliphatic carbocycles. The average molecular weight is 389 g/mol. The third-order valence-electron chi connectivity index (χ3n) is 5.39. The van der Waals surface area contributed by atoms with Crippen molar-refractivity contribution >= 4 is 27.6 Å². The number of ether oxygens (including phenoxy) is 1. The number of nitrogens with zero attached hydrogens (tertiary/aromatic N) is 3. The number of hydrogen-bond donors (Lipinski definition) is 1. The molecule has 0 saturated carbocycles. The number of hydrogen-bond acceptors (Lipinski definition) is 5. The molecule has 7 heteroatoms. The van der Waals surface area contributed by atoms with E-state index in [-0.39, 0.29) is 12.1 Å². The van der Waals surface area contributed by atoms with E-state index in [2.05, 4.69) is 16.3 Å². The van der Waals surface area contributed by atoms with Crippen LogP contribution in [-0.4, -0.2) is 66.8 Å². The summed E-state index contributed by atoms with van der Waals surface area (Å²) in [5.41, 5.74) is 1.04. The van der Waals surface area contributed by atoms with Gasteiger partial charge in [-0.1, -0.05) is 12.1 Å². The van der Waals surface area contributed by atoms with Gasteiger partial charge < -0.3 is 15.0 Å². The molecule has 146 valence electrons. The SMILES string of the molecule is O=C(NCCCN1CCOCC1)N1CCCCC1c1nc2ccccc2s1. The van der Waals surface area contributed by atoms with E-state index in [1.54, 1.807) is 11.3 Å². The number of morpholine rings is 1. The van der Waals surface area contributed by atoms with Crippen LogP contribution in [0.1, 0.15) is 36.7 Å². The standard InChI is InChI=1S/C20H28N4O2S/c25-20(21-9-5-10-23-12-14-26-15-13-23)24-11-4-3-7-17(24)19-22-16-6-1-2-8-18(16)27-19/h1-2,6,8,17H,3-5,7,9-15H2,(H,21,25). The monoisotopic (exact) mass is 388 g/mol. The maximum absolute atomic E-state index is 12.8. The van der Waals surface area contributed by atoms with E-state index in [4.69, 9.17) is 9.72 Å². The number of aromatic nitrogens is 1. The summed E-state index contributed by atoms with van der Waals surface area (Å²) in [6.45, 7) is 6.20. The van der Waals surface area contributed by atoms with Gasteiger partial charge in [0.05, 0.1) is 29.5 Å². The number of rotatable bonds is 5. The first-order valence-corrected chi connectivity index (χ1v) is 10.8. The molecule has 6 nitrogen and oxygen atoms in total. The van der Waals surface area contributed by atoms with E-state index in [0.717, 1.165) is 82.1 Å². The molecule has 1 unspecified atom stereocenters. The van der Waals surface area contributed by atoms with E-state index in [0.29, 0.717) is 0 Å². The number of benzene rings is 1. The highest BCUT2D eigenvalue weighted by molar-refractivity contribution is 7.18. The minimum Gasteiger partial charge on any atom is -0.379 e. The number of urea groups is 1. The second-order valence-corrected chi connectivity index (χ2v) is 8.33. The highest BCUT2D eigenvalue weighted by atomic mass is 32.1. The van der Waals surface area contributed by atoms with Crippen LogP contribution < -0.4 is 5.32 Å². The van der Waals surface area contributed by atoms with Gasteiger partial charge in [-0.15, -0.1) is 11.3 Å². The zero-order chi connectivity index (χ0) is 18.5. The van der Waals surface area contributed by atoms with Gasteiger partial charge in [-0.2, -0.15) is 0 Å². The smallest absolute Gasteiger partial charge is 0.317 e. The Labute approximate surface area is 164 Å². The van der Waals surface area contributed by atoms with Gasteiger partial charge in [0.15, 0.2) is 0 Å². The first kappa shape index (κ1) is 18.7. The molecule has 1 aromatic carbocycles. The summed E-state index contributed by atoms with van der Waals surface area (Å²) in [5, 5.41) is 4.20. The molecule has 2 saturated heterocycles. The van der Waals surface area contributed by atoms with Crippen LogP contribution in [0.4, 0.5) is 4.79 Å². The Morgan fingerprint density at radius 3 is 2.93 bits per heavy atom. The fraction of sp³-hybridized carbons (Fsp3) is 0.600. The Balaban J connectivity index is 1.33. The number of amides is 2. The van der Waals surface area contributed by atoms with Crippen LogP contribution in [0.25, 0.3) is 10.2 Å². The number of piperidine rings is 1. The van der Waals surface area contributed by atoms with Gasteiger partial charge >= 0.3 is 6.03 Å². The predicted octanol–water partition coefficient (Wildman–Crippen LogP) is 3.26. The number of nitrogens with one attached hydrogen (secondary N) is 1. The maximum atomic E-state index is 12.8. The Hall–Kier alpha value is -1.70. The summed E-state index contributed by atoms with van der Waals surface area (Å²) in [6.07, 6.45) is 4.20. The second-order valence-electron chi connectivity index (χ2n) is 7.26. The molecule has 2 aliphatic heterocycles. The van der Waals surface area contributed by atoms with Crippen molar-refractivity contribution in [2.24, 2.45) is 0 Å². The largest absolute Gasteiger partial charge is 0.379 e. The molecule has 27 heavy (non-hydrogen) atoms. The molecule has 2 fully saturated rings. The van der Waals surface area contributed by atoms with Crippen molar-refractivity contribution < 1.29 is 9.53 Å². The maximum Gasteiger partial charge on any atom is 0.317 e. The normalized spacial score (nSPS) is 21.5. The second kappa shape index (κ2) is 8.99. The van der Waals surface area contributed by atoms with Crippen molar-refractivity contribution in [1.29, 1.82) is 0 Å². The minimum atomic E-state index is 0.0564. The van der Waals surface area contributed by atoms with Crippen molar-refractivity contribution in [2.45, 2.75) is 31.7 Å². The molecular weight excluding hydrogens is 360 g/mol. The number of thiazole rings is 1. The topological polar surface area (TPSA) is 57.7 Å². The number of fused-ring (bicyclic) bond motifs is 1. The molecule has 0 spiro atoms. The van der Waals surface area contributed by atoms with E-state index >= 15 is 0 Å². The lowest BCUT2D eigenvalue weighted by Gasteiger charge is -2.34. The lowest BCUT2D eigenvalue weighted by Crippen LogP contribution is -2.45. The third-order valence-corrected chi connectivity index (χ3v) is 6.53. The quantitative estimate of drug-likeness (QED) is 0.799. The zero-order valence-corrected chi connectivity index (χ0v) is 16.5. The molecule has 2 aliphatic rings. The molecule has 0 bridgehead atoms. The van der Waals surface area contributed by atoms with Crippen LogP contribution in [0, 0.1) is 0 Å². The lowest BCUT2D eigenvalue weighted by molar-refractivity contribution is 0.0374. The van der Waals surface area contributed by atoms with Crippen molar-refractivity contribution in [3.05, 3.63) is 29.3 Å². The summed E-state index contributed by atoms with van der Waals surface area (Å²) < 4.78 is 6.57. The molecule has 4 rings (SSSR count). The van der Waals surface area contributed by atoms with Gasteiger partial charge in [-0.3, -0.25) is 4.90 Å². The van der Waals surface area contributed by atoms with Crippen molar-refractivity contribution in [1.82, 2.24) is 20.1 Å². The first-order valence-electron chi connectivity index (χ1n) is 10.0.